The van der Waals surface area contributed by atoms with Crippen molar-refractivity contribution in [1.29, 1.82) is 0 Å². The number of rotatable bonds is 6. The predicted octanol–water partition coefficient (Wildman–Crippen LogP) is 0.715. The molecule has 1 aromatic rings. The van der Waals surface area contributed by atoms with Crippen LogP contribution in [0.15, 0.2) is 12.4 Å². The van der Waals surface area contributed by atoms with E-state index in [4.69, 9.17) is 4.74 Å². The van der Waals surface area contributed by atoms with E-state index in [-0.39, 0.29) is 12.5 Å². The van der Waals surface area contributed by atoms with Gasteiger partial charge in [0, 0.05) is 13.6 Å². The minimum absolute atomic E-state index is 0.0510. The Labute approximate surface area is 89.4 Å². The van der Waals surface area contributed by atoms with Crippen molar-refractivity contribution >= 4 is 5.91 Å². The van der Waals surface area contributed by atoms with Crippen molar-refractivity contribution in [2.75, 3.05) is 13.2 Å². The molecule has 0 atom stereocenters. The Morgan fingerprint density at radius 2 is 2.47 bits per heavy atom. The Bertz CT molecular complexity index is 309. The Morgan fingerprint density at radius 1 is 1.67 bits per heavy atom. The molecule has 1 aromatic heterocycles. The van der Waals surface area contributed by atoms with Gasteiger partial charge in [0.1, 0.15) is 0 Å². The van der Waals surface area contributed by atoms with E-state index in [0.717, 1.165) is 12.8 Å². The highest BCUT2D eigenvalue weighted by atomic mass is 16.5. The summed E-state index contributed by atoms with van der Waals surface area (Å²) in [6.45, 7) is 2.85. The maximum absolute atomic E-state index is 11.2. The Balaban J connectivity index is 2.16. The Hall–Kier alpha value is -1.52. The number of nitrogens with zero attached hydrogens (tertiary/aromatic N) is 2. The van der Waals surface area contributed by atoms with Gasteiger partial charge in [-0.3, -0.25) is 9.48 Å². The fourth-order valence-corrected chi connectivity index (χ4v) is 1.08. The van der Waals surface area contributed by atoms with E-state index in [1.807, 2.05) is 0 Å². The van der Waals surface area contributed by atoms with E-state index in [9.17, 15) is 4.79 Å². The summed E-state index contributed by atoms with van der Waals surface area (Å²) >= 11 is 0. The predicted molar refractivity (Wildman–Crippen MR) is 56.6 cm³/mol. The van der Waals surface area contributed by atoms with Gasteiger partial charge in [0.05, 0.1) is 12.4 Å². The Morgan fingerprint density at radius 3 is 3.07 bits per heavy atom. The second-order valence-electron chi connectivity index (χ2n) is 3.34. The van der Waals surface area contributed by atoms with Gasteiger partial charge < -0.3 is 10.1 Å². The first-order valence-corrected chi connectivity index (χ1v) is 5.10. The lowest BCUT2D eigenvalue weighted by Gasteiger charge is -2.04. The molecule has 0 aromatic carbocycles. The highest BCUT2D eigenvalue weighted by Crippen LogP contribution is 2.05. The van der Waals surface area contributed by atoms with Crippen LogP contribution in [0.5, 0.6) is 5.75 Å². The largest absolute Gasteiger partial charge is 0.480 e. The van der Waals surface area contributed by atoms with Gasteiger partial charge in [0.15, 0.2) is 12.4 Å². The summed E-state index contributed by atoms with van der Waals surface area (Å²) in [4.78, 5) is 11.2. The number of hydrogen-bond acceptors (Lipinski definition) is 3. The standard InChI is InChI=1S/C10H17N3O2/c1-3-4-5-11-10(14)8-15-9-6-12-13(2)7-9/h6-7H,3-5,8H2,1-2H3,(H,11,14). The summed E-state index contributed by atoms with van der Waals surface area (Å²) in [5, 5.41) is 6.70. The van der Waals surface area contributed by atoms with E-state index in [1.165, 1.54) is 0 Å². The number of unbranched alkanes of at least 4 members (excludes halogenated alkanes) is 1. The van der Waals surface area contributed by atoms with Gasteiger partial charge >= 0.3 is 0 Å². The molecule has 0 aliphatic carbocycles. The average molecular weight is 211 g/mol. The molecule has 0 unspecified atom stereocenters. The van der Waals surface area contributed by atoms with Gasteiger partial charge in [-0.05, 0) is 6.42 Å². The molecule has 15 heavy (non-hydrogen) atoms. The number of amides is 1. The summed E-state index contributed by atoms with van der Waals surface area (Å²) < 4.78 is 6.85. The number of carbonyl (C=O) groups is 1. The van der Waals surface area contributed by atoms with Crippen molar-refractivity contribution in [3.63, 3.8) is 0 Å². The molecule has 0 aliphatic heterocycles. The summed E-state index contributed by atoms with van der Waals surface area (Å²) in [5.41, 5.74) is 0. The molecule has 0 saturated carbocycles. The van der Waals surface area contributed by atoms with Gasteiger partial charge in [-0.2, -0.15) is 5.10 Å². The minimum Gasteiger partial charge on any atom is -0.480 e. The van der Waals surface area contributed by atoms with Crippen LogP contribution >= 0.6 is 0 Å². The topological polar surface area (TPSA) is 56.1 Å². The van der Waals surface area contributed by atoms with E-state index >= 15 is 0 Å². The molecule has 0 aliphatic rings. The molecule has 0 bridgehead atoms. The van der Waals surface area contributed by atoms with E-state index in [2.05, 4.69) is 17.3 Å². The minimum atomic E-state index is -0.0905. The average Bonchev–Trinajstić information content (AvgIpc) is 2.62. The van der Waals surface area contributed by atoms with Crippen LogP contribution in [0, 0.1) is 0 Å². The summed E-state index contributed by atoms with van der Waals surface area (Å²) in [6.07, 6.45) is 5.38. The molecule has 0 spiro atoms. The zero-order valence-electron chi connectivity index (χ0n) is 9.19. The van der Waals surface area contributed by atoms with Crippen molar-refractivity contribution in [2.24, 2.45) is 7.05 Å². The van der Waals surface area contributed by atoms with Crippen LogP contribution in [0.3, 0.4) is 0 Å². The second kappa shape index (κ2) is 6.06. The lowest BCUT2D eigenvalue weighted by Crippen LogP contribution is -2.29. The van der Waals surface area contributed by atoms with E-state index in [1.54, 1.807) is 24.1 Å². The first-order chi connectivity index (χ1) is 7.22. The van der Waals surface area contributed by atoms with Gasteiger partial charge in [0.2, 0.25) is 0 Å². The van der Waals surface area contributed by atoms with Crippen LogP contribution in [0.25, 0.3) is 0 Å². The zero-order valence-corrected chi connectivity index (χ0v) is 9.19. The van der Waals surface area contributed by atoms with Gasteiger partial charge in [-0.25, -0.2) is 0 Å². The van der Waals surface area contributed by atoms with Crippen LogP contribution in [0.2, 0.25) is 0 Å². The number of aryl methyl sites for hydroxylation is 1. The monoisotopic (exact) mass is 211 g/mol. The number of nitrogens with one attached hydrogen (secondary N) is 1. The number of ether oxygens (including phenoxy) is 1. The van der Waals surface area contributed by atoms with Crippen molar-refractivity contribution < 1.29 is 9.53 Å². The summed E-state index contributed by atoms with van der Waals surface area (Å²) in [6, 6.07) is 0. The molecular formula is C10H17N3O2. The Kier molecular flexibility index (Phi) is 4.66. The van der Waals surface area contributed by atoms with Crippen LogP contribution in [0.4, 0.5) is 0 Å². The summed E-state index contributed by atoms with van der Waals surface area (Å²) in [7, 11) is 1.80. The van der Waals surface area contributed by atoms with Crippen LogP contribution in [-0.4, -0.2) is 28.8 Å². The quantitative estimate of drug-likeness (QED) is 0.705. The third kappa shape index (κ3) is 4.49. The fourth-order valence-electron chi connectivity index (χ4n) is 1.08. The molecule has 1 rings (SSSR count). The zero-order chi connectivity index (χ0) is 11.1. The van der Waals surface area contributed by atoms with Gasteiger partial charge in [-0.15, -0.1) is 0 Å². The third-order valence-corrected chi connectivity index (χ3v) is 1.90. The fraction of sp³-hybridized carbons (Fsp3) is 0.600. The molecule has 84 valence electrons. The maximum atomic E-state index is 11.2. The lowest BCUT2D eigenvalue weighted by atomic mass is 10.3. The molecule has 1 amide bonds. The van der Waals surface area contributed by atoms with E-state index in [0.29, 0.717) is 12.3 Å². The van der Waals surface area contributed by atoms with Crippen LogP contribution < -0.4 is 10.1 Å². The number of hydrogen-bond donors (Lipinski definition) is 1. The maximum Gasteiger partial charge on any atom is 0.257 e. The van der Waals surface area contributed by atoms with Crippen molar-refractivity contribution in [1.82, 2.24) is 15.1 Å². The lowest BCUT2D eigenvalue weighted by molar-refractivity contribution is -0.123. The van der Waals surface area contributed by atoms with E-state index < -0.39 is 0 Å². The molecule has 0 radical (unpaired) electrons. The van der Waals surface area contributed by atoms with Crippen molar-refractivity contribution in [3.05, 3.63) is 12.4 Å². The van der Waals surface area contributed by atoms with Gasteiger partial charge in [-0.1, -0.05) is 13.3 Å². The molecule has 5 nitrogen and oxygen atoms in total. The number of carbonyl (C=O) groups excluding carboxylic acids is 1. The van der Waals surface area contributed by atoms with Gasteiger partial charge in [0.25, 0.3) is 5.91 Å². The molecule has 1 heterocycles. The third-order valence-electron chi connectivity index (χ3n) is 1.90. The normalized spacial score (nSPS) is 10.0. The molecule has 0 fully saturated rings. The first-order valence-electron chi connectivity index (χ1n) is 5.10. The highest BCUT2D eigenvalue weighted by molar-refractivity contribution is 5.77. The number of aromatic nitrogens is 2. The first kappa shape index (κ1) is 11.6. The highest BCUT2D eigenvalue weighted by Gasteiger charge is 2.02. The smallest absolute Gasteiger partial charge is 0.257 e. The van der Waals surface area contributed by atoms with Crippen LogP contribution in [-0.2, 0) is 11.8 Å². The molecular weight excluding hydrogens is 194 g/mol. The van der Waals surface area contributed by atoms with Crippen LogP contribution in [0.1, 0.15) is 19.8 Å². The van der Waals surface area contributed by atoms with Crippen molar-refractivity contribution in [3.8, 4) is 5.75 Å². The summed E-state index contributed by atoms with van der Waals surface area (Å²) in [5.74, 6) is 0.524. The molecule has 5 heteroatoms. The molecule has 0 saturated heterocycles. The molecule has 1 N–H and O–H groups in total. The van der Waals surface area contributed by atoms with Crippen molar-refractivity contribution in [2.45, 2.75) is 19.8 Å². The second-order valence-corrected chi connectivity index (χ2v) is 3.34. The SMILES string of the molecule is CCCCNC(=O)COc1cnn(C)c1.